The van der Waals surface area contributed by atoms with Crippen LogP contribution in [0.3, 0.4) is 0 Å². The summed E-state index contributed by atoms with van der Waals surface area (Å²) in [7, 11) is 0. The van der Waals surface area contributed by atoms with E-state index >= 15 is 0 Å². The molecule has 2 heterocycles. The molecular weight excluding hydrogens is 262 g/mol. The van der Waals surface area contributed by atoms with Gasteiger partial charge in [0, 0.05) is 10.9 Å². The highest BCUT2D eigenvalue weighted by Gasteiger charge is 2.20. The number of halogens is 1. The third kappa shape index (κ3) is 1.96. The highest BCUT2D eigenvalue weighted by molar-refractivity contribution is 6.33. The van der Waals surface area contributed by atoms with Crippen molar-refractivity contribution >= 4 is 28.3 Å². The van der Waals surface area contributed by atoms with Crippen LogP contribution in [0, 0.1) is 6.92 Å². The zero-order valence-corrected chi connectivity index (χ0v) is 11.1. The van der Waals surface area contributed by atoms with E-state index in [0.717, 1.165) is 16.5 Å². The normalized spacial score (nSPS) is 11.1. The van der Waals surface area contributed by atoms with E-state index in [1.807, 2.05) is 31.2 Å². The lowest BCUT2D eigenvalue weighted by Gasteiger charge is -1.99. The zero-order chi connectivity index (χ0) is 13.4. The van der Waals surface area contributed by atoms with Gasteiger partial charge in [-0.3, -0.25) is 4.79 Å². The number of benzene rings is 1. The van der Waals surface area contributed by atoms with Crippen LogP contribution >= 0.6 is 11.6 Å². The van der Waals surface area contributed by atoms with Gasteiger partial charge < -0.3 is 9.40 Å². The molecular formula is C15H12ClNO2. The van der Waals surface area contributed by atoms with E-state index in [0.29, 0.717) is 17.0 Å². The van der Waals surface area contributed by atoms with E-state index in [1.165, 1.54) is 0 Å². The summed E-state index contributed by atoms with van der Waals surface area (Å²) >= 11 is 5.72. The quantitative estimate of drug-likeness (QED) is 0.575. The molecule has 0 unspecified atom stereocenters. The summed E-state index contributed by atoms with van der Waals surface area (Å²) in [6.45, 7) is 1.99. The SMILES string of the molecule is Cc1ccc2[nH]c(-c3ccco3)c(C(=O)CCl)c2c1. The maximum Gasteiger partial charge on any atom is 0.180 e. The number of furan rings is 1. The van der Waals surface area contributed by atoms with Crippen molar-refractivity contribution < 1.29 is 9.21 Å². The molecule has 0 spiro atoms. The first-order chi connectivity index (χ1) is 9.20. The number of carbonyl (C=O) groups excluding carboxylic acids is 1. The van der Waals surface area contributed by atoms with Crippen molar-refractivity contribution in [2.75, 3.05) is 5.88 Å². The van der Waals surface area contributed by atoms with Gasteiger partial charge in [0.2, 0.25) is 0 Å². The second kappa shape index (κ2) is 4.59. The monoisotopic (exact) mass is 273 g/mol. The predicted molar refractivity (Wildman–Crippen MR) is 75.8 cm³/mol. The summed E-state index contributed by atoms with van der Waals surface area (Å²) in [5, 5.41) is 0.886. The molecule has 0 amide bonds. The summed E-state index contributed by atoms with van der Waals surface area (Å²) in [6, 6.07) is 9.56. The Morgan fingerprint density at radius 1 is 1.37 bits per heavy atom. The summed E-state index contributed by atoms with van der Waals surface area (Å²) in [5.74, 6) is 0.487. The highest BCUT2D eigenvalue weighted by Crippen LogP contribution is 2.31. The van der Waals surface area contributed by atoms with Crippen molar-refractivity contribution in [3.63, 3.8) is 0 Å². The van der Waals surface area contributed by atoms with Gasteiger partial charge in [-0.15, -0.1) is 11.6 Å². The molecule has 96 valence electrons. The Kier molecular flexibility index (Phi) is 2.91. The van der Waals surface area contributed by atoms with Gasteiger partial charge in [-0.05, 0) is 31.2 Å². The number of ketones is 1. The van der Waals surface area contributed by atoms with Crippen LogP contribution < -0.4 is 0 Å². The minimum Gasteiger partial charge on any atom is -0.463 e. The van der Waals surface area contributed by atoms with Gasteiger partial charge in [0.1, 0.15) is 0 Å². The molecule has 0 aliphatic carbocycles. The molecule has 1 N–H and O–H groups in total. The van der Waals surface area contributed by atoms with Crippen LogP contribution in [-0.2, 0) is 0 Å². The molecule has 0 atom stereocenters. The fourth-order valence-electron chi connectivity index (χ4n) is 2.27. The Labute approximate surface area is 115 Å². The molecule has 0 saturated heterocycles. The van der Waals surface area contributed by atoms with Crippen molar-refractivity contribution in [3.05, 3.63) is 47.7 Å². The molecule has 0 radical (unpaired) electrons. The molecule has 3 rings (SSSR count). The van der Waals surface area contributed by atoms with Gasteiger partial charge in [0.15, 0.2) is 11.5 Å². The van der Waals surface area contributed by atoms with Gasteiger partial charge in [0.05, 0.1) is 23.4 Å². The van der Waals surface area contributed by atoms with Crippen molar-refractivity contribution in [3.8, 4) is 11.5 Å². The van der Waals surface area contributed by atoms with Gasteiger partial charge in [0.25, 0.3) is 0 Å². The average molecular weight is 274 g/mol. The highest BCUT2D eigenvalue weighted by atomic mass is 35.5. The molecule has 0 fully saturated rings. The van der Waals surface area contributed by atoms with Crippen LogP contribution in [0.4, 0.5) is 0 Å². The third-order valence-electron chi connectivity index (χ3n) is 3.12. The Balaban J connectivity index is 2.35. The molecule has 3 nitrogen and oxygen atoms in total. The van der Waals surface area contributed by atoms with E-state index in [1.54, 1.807) is 12.3 Å². The topological polar surface area (TPSA) is 46.0 Å². The number of aryl methyl sites for hydroxylation is 1. The number of H-pyrrole nitrogens is 1. The van der Waals surface area contributed by atoms with E-state index in [2.05, 4.69) is 4.98 Å². The fourth-order valence-corrected chi connectivity index (χ4v) is 2.40. The number of aromatic amines is 1. The zero-order valence-electron chi connectivity index (χ0n) is 10.4. The number of fused-ring (bicyclic) bond motifs is 1. The number of hydrogen-bond donors (Lipinski definition) is 1. The summed E-state index contributed by atoms with van der Waals surface area (Å²) in [6.07, 6.45) is 1.58. The van der Waals surface area contributed by atoms with Crippen molar-refractivity contribution in [2.45, 2.75) is 6.92 Å². The smallest absolute Gasteiger partial charge is 0.180 e. The minimum atomic E-state index is -0.107. The van der Waals surface area contributed by atoms with Crippen LogP contribution in [0.2, 0.25) is 0 Å². The van der Waals surface area contributed by atoms with Crippen molar-refractivity contribution in [1.29, 1.82) is 0 Å². The van der Waals surface area contributed by atoms with Gasteiger partial charge in [-0.25, -0.2) is 0 Å². The lowest BCUT2D eigenvalue weighted by atomic mass is 10.0. The van der Waals surface area contributed by atoms with E-state index < -0.39 is 0 Å². The van der Waals surface area contributed by atoms with E-state index in [9.17, 15) is 4.79 Å². The summed E-state index contributed by atoms with van der Waals surface area (Å²) < 4.78 is 5.39. The molecule has 0 aliphatic rings. The first-order valence-corrected chi connectivity index (χ1v) is 6.49. The van der Waals surface area contributed by atoms with Crippen molar-refractivity contribution in [2.24, 2.45) is 0 Å². The first kappa shape index (κ1) is 12.1. The predicted octanol–water partition coefficient (Wildman–Crippen LogP) is 4.16. The maximum atomic E-state index is 12.1. The number of rotatable bonds is 3. The standard InChI is InChI=1S/C15H12ClNO2/c1-9-4-5-11-10(7-9)14(12(18)8-16)15(17-11)13-3-2-6-19-13/h2-7,17H,8H2,1H3. The Hall–Kier alpha value is -2.00. The Bertz CT molecular complexity index is 741. The number of aromatic nitrogens is 1. The lowest BCUT2D eigenvalue weighted by Crippen LogP contribution is -2.01. The fraction of sp³-hybridized carbons (Fsp3) is 0.133. The van der Waals surface area contributed by atoms with E-state index in [4.69, 9.17) is 16.0 Å². The number of nitrogens with one attached hydrogen (secondary N) is 1. The summed E-state index contributed by atoms with van der Waals surface area (Å²) in [5.41, 5.74) is 3.30. The van der Waals surface area contributed by atoms with Crippen molar-refractivity contribution in [1.82, 2.24) is 4.98 Å². The molecule has 3 aromatic rings. The maximum absolute atomic E-state index is 12.1. The second-order valence-corrected chi connectivity index (χ2v) is 4.73. The van der Waals surface area contributed by atoms with Gasteiger partial charge >= 0.3 is 0 Å². The Morgan fingerprint density at radius 3 is 2.89 bits per heavy atom. The number of Topliss-reactive ketones (excluding diaryl/α,β-unsaturated/α-hetero) is 1. The molecule has 0 saturated carbocycles. The van der Waals surface area contributed by atoms with Crippen LogP contribution in [-0.4, -0.2) is 16.6 Å². The third-order valence-corrected chi connectivity index (χ3v) is 3.36. The Morgan fingerprint density at radius 2 is 2.21 bits per heavy atom. The molecule has 4 heteroatoms. The van der Waals surface area contributed by atoms with Crippen LogP contribution in [0.1, 0.15) is 15.9 Å². The lowest BCUT2D eigenvalue weighted by molar-refractivity contribution is 0.102. The molecule has 1 aromatic carbocycles. The molecule has 0 aliphatic heterocycles. The molecule has 2 aromatic heterocycles. The van der Waals surface area contributed by atoms with E-state index in [-0.39, 0.29) is 11.7 Å². The second-order valence-electron chi connectivity index (χ2n) is 4.46. The van der Waals surface area contributed by atoms with Crippen LogP contribution in [0.15, 0.2) is 41.0 Å². The largest absolute Gasteiger partial charge is 0.463 e. The molecule has 19 heavy (non-hydrogen) atoms. The van der Waals surface area contributed by atoms with Gasteiger partial charge in [-0.1, -0.05) is 11.6 Å². The number of hydrogen-bond acceptors (Lipinski definition) is 2. The first-order valence-electron chi connectivity index (χ1n) is 5.96. The van der Waals surface area contributed by atoms with Crippen LogP contribution in [0.5, 0.6) is 0 Å². The molecule has 0 bridgehead atoms. The summed E-state index contributed by atoms with van der Waals surface area (Å²) in [4.78, 5) is 15.4. The number of carbonyl (C=O) groups is 1. The van der Waals surface area contributed by atoms with Gasteiger partial charge in [-0.2, -0.15) is 0 Å². The number of alkyl halides is 1. The van der Waals surface area contributed by atoms with Crippen LogP contribution in [0.25, 0.3) is 22.4 Å². The average Bonchev–Trinajstić information content (AvgIpc) is 3.03. The minimum absolute atomic E-state index is 0.0470.